The van der Waals surface area contributed by atoms with E-state index in [1.54, 1.807) is 12.1 Å². The summed E-state index contributed by atoms with van der Waals surface area (Å²) in [6.45, 7) is 0.839. The zero-order chi connectivity index (χ0) is 43.8. The van der Waals surface area contributed by atoms with E-state index in [4.69, 9.17) is 37.6 Å². The Kier molecular flexibility index (Phi) is 22.8. The minimum Gasteiger partial charge on any atom is -0.475 e. The maximum absolute atomic E-state index is 13.6. The van der Waals surface area contributed by atoms with Crippen LogP contribution < -0.4 is 49.5 Å². The molecule has 4 atom stereocenters. The molecule has 1 aliphatic heterocycles. The van der Waals surface area contributed by atoms with Crippen LogP contribution in [0.2, 0.25) is 0 Å². The van der Waals surface area contributed by atoms with E-state index >= 15 is 0 Å². The fraction of sp³-hybridized carbons (Fsp3) is 0.658. The van der Waals surface area contributed by atoms with E-state index < -0.39 is 54.0 Å². The number of nitrogens with two attached hydrogens (primary N) is 4. The van der Waals surface area contributed by atoms with Crippen molar-refractivity contribution in [2.24, 2.45) is 33.8 Å². The first-order valence-corrected chi connectivity index (χ1v) is 19.9. The van der Waals surface area contributed by atoms with Crippen molar-refractivity contribution < 1.29 is 51.8 Å². The summed E-state index contributed by atoms with van der Waals surface area (Å²) >= 11 is 0. The van der Waals surface area contributed by atoms with Gasteiger partial charge in [-0.25, -0.2) is 9.79 Å². The molecule has 5 amide bonds. The van der Waals surface area contributed by atoms with Crippen molar-refractivity contribution in [3.63, 3.8) is 0 Å². The van der Waals surface area contributed by atoms with Crippen LogP contribution in [-0.2, 0) is 46.5 Å². The van der Waals surface area contributed by atoms with Gasteiger partial charge in [-0.2, -0.15) is 13.2 Å². The van der Waals surface area contributed by atoms with Crippen molar-refractivity contribution >= 4 is 41.5 Å². The molecular weight excluding hydrogens is 781 g/mol. The van der Waals surface area contributed by atoms with Crippen LogP contribution in [0.15, 0.2) is 29.3 Å². The topological polar surface area (TPSA) is 308 Å². The number of nitrogens with one attached hydrogen (secondary N) is 5. The van der Waals surface area contributed by atoms with Gasteiger partial charge in [-0.1, -0.05) is 56.4 Å². The van der Waals surface area contributed by atoms with Crippen LogP contribution >= 0.6 is 0 Å². The predicted molar refractivity (Wildman–Crippen MR) is 212 cm³/mol. The first kappa shape index (κ1) is 50.1. The minimum atomic E-state index is -5.08. The fourth-order valence-corrected chi connectivity index (χ4v) is 6.59. The number of aliphatic imine (C=N–C) groups is 1. The predicted octanol–water partition coefficient (Wildman–Crippen LogP) is 0.297. The van der Waals surface area contributed by atoms with Gasteiger partial charge in [0, 0.05) is 13.0 Å². The molecule has 0 radical (unpaired) electrons. The van der Waals surface area contributed by atoms with Gasteiger partial charge in [-0.3, -0.25) is 24.0 Å². The monoisotopic (exact) mass is 842 g/mol. The molecule has 1 aromatic carbocycles. The Labute approximate surface area is 341 Å². The van der Waals surface area contributed by atoms with Gasteiger partial charge in [-0.05, 0) is 75.1 Å². The number of nitrogens with zero attached hydrogens (tertiary/aromatic N) is 1. The first-order valence-electron chi connectivity index (χ1n) is 19.9. The molecule has 2 bridgehead atoms. The first-order chi connectivity index (χ1) is 28.0. The highest BCUT2D eigenvalue weighted by atomic mass is 19.4. The second-order valence-electron chi connectivity index (χ2n) is 14.5. The van der Waals surface area contributed by atoms with Gasteiger partial charge in [0.25, 0.3) is 0 Å². The Balaban J connectivity index is 0.00000157. The van der Waals surface area contributed by atoms with Crippen molar-refractivity contribution in [2.75, 3.05) is 26.4 Å². The SMILES string of the molecule is NCCCC[C@@H]1NC(=O)Cc2cccc(c2)CNC(=O)[C@@H](CC2CCCCC2)NC(=O)[C@H](N=C(N)N)CCOCNC(=O)[C@H](CCCCN)NC1=O.O=C(O)C(F)(F)F. The highest BCUT2D eigenvalue weighted by molar-refractivity contribution is 5.93. The average molecular weight is 843 g/mol. The molecule has 59 heavy (non-hydrogen) atoms. The van der Waals surface area contributed by atoms with E-state index in [0.717, 1.165) is 37.7 Å². The van der Waals surface area contributed by atoms with E-state index in [1.165, 1.54) is 0 Å². The lowest BCUT2D eigenvalue weighted by Gasteiger charge is -2.27. The van der Waals surface area contributed by atoms with Gasteiger partial charge in [0.1, 0.15) is 30.9 Å². The Hall–Kier alpha value is -5.02. The summed E-state index contributed by atoms with van der Waals surface area (Å²) in [6, 6.07) is 3.61. The number of rotatable bonds is 11. The molecule has 0 unspecified atom stereocenters. The van der Waals surface area contributed by atoms with Crippen LogP contribution in [0.1, 0.15) is 94.6 Å². The summed E-state index contributed by atoms with van der Waals surface area (Å²) in [6.07, 6.45) is 3.88. The lowest BCUT2D eigenvalue weighted by molar-refractivity contribution is -0.192. The molecule has 0 spiro atoms. The lowest BCUT2D eigenvalue weighted by Crippen LogP contribution is -2.54. The number of benzene rings is 1. The normalized spacial score (nSPS) is 22.2. The summed E-state index contributed by atoms with van der Waals surface area (Å²) in [7, 11) is 0. The van der Waals surface area contributed by atoms with Crippen molar-refractivity contribution in [3.8, 4) is 0 Å². The Morgan fingerprint density at radius 2 is 1.36 bits per heavy atom. The van der Waals surface area contributed by atoms with E-state index in [-0.39, 0.29) is 56.4 Å². The molecular formula is C38H61F3N10O8. The number of unbranched alkanes of at least 4 members (excludes halogenated alkanes) is 2. The number of carbonyl (C=O) groups is 6. The number of halogens is 3. The summed E-state index contributed by atoms with van der Waals surface area (Å²) in [5.74, 6) is -4.94. The van der Waals surface area contributed by atoms with Crippen LogP contribution in [-0.4, -0.2) is 103 Å². The van der Waals surface area contributed by atoms with E-state index in [2.05, 4.69) is 31.6 Å². The van der Waals surface area contributed by atoms with Crippen LogP contribution in [0, 0.1) is 5.92 Å². The number of guanidine groups is 1. The quantitative estimate of drug-likeness (QED) is 0.0818. The van der Waals surface area contributed by atoms with Gasteiger partial charge in [0.05, 0.1) is 13.0 Å². The zero-order valence-corrected chi connectivity index (χ0v) is 33.3. The minimum absolute atomic E-state index is 0.00439. The van der Waals surface area contributed by atoms with Crippen molar-refractivity contribution in [2.45, 2.75) is 127 Å². The molecule has 1 fully saturated rings. The van der Waals surface area contributed by atoms with Gasteiger partial charge in [0.2, 0.25) is 29.5 Å². The number of carboxylic acid groups (broad SMARTS) is 1. The van der Waals surface area contributed by atoms with Gasteiger partial charge < -0.3 is 59.4 Å². The van der Waals surface area contributed by atoms with Crippen LogP contribution in [0.5, 0.6) is 0 Å². The number of carboxylic acids is 1. The number of amides is 5. The van der Waals surface area contributed by atoms with Gasteiger partial charge in [-0.15, -0.1) is 0 Å². The summed E-state index contributed by atoms with van der Waals surface area (Å²) in [5.41, 5.74) is 24.1. The maximum Gasteiger partial charge on any atom is 0.490 e. The number of aliphatic carboxylic acids is 1. The second-order valence-corrected chi connectivity index (χ2v) is 14.5. The van der Waals surface area contributed by atoms with Crippen LogP contribution in [0.3, 0.4) is 0 Å². The lowest BCUT2D eigenvalue weighted by atomic mass is 9.84. The average Bonchev–Trinajstić information content (AvgIpc) is 3.18. The van der Waals surface area contributed by atoms with Crippen molar-refractivity contribution in [1.29, 1.82) is 0 Å². The van der Waals surface area contributed by atoms with Crippen molar-refractivity contribution in [3.05, 3.63) is 35.4 Å². The third-order valence-electron chi connectivity index (χ3n) is 9.66. The van der Waals surface area contributed by atoms with E-state index in [0.29, 0.717) is 63.6 Å². The molecule has 1 aliphatic carbocycles. The molecule has 1 aromatic rings. The van der Waals surface area contributed by atoms with E-state index in [9.17, 15) is 37.1 Å². The third kappa shape index (κ3) is 20.5. The molecule has 0 aromatic heterocycles. The van der Waals surface area contributed by atoms with Gasteiger partial charge >= 0.3 is 12.1 Å². The summed E-state index contributed by atoms with van der Waals surface area (Å²) in [4.78, 5) is 80.2. The highest BCUT2D eigenvalue weighted by Gasteiger charge is 2.38. The number of hydrogen-bond acceptors (Lipinski definition) is 10. The van der Waals surface area contributed by atoms with E-state index in [1.807, 2.05) is 12.1 Å². The standard InChI is InChI=1S/C36H60N10O6.C2HF3O2/c37-16-6-4-13-27-32(48)42-23-52-18-15-29(46-36(39)40)35(51)45-30(20-24-9-2-1-3-10-24)33(49)41-22-26-12-8-11-25(19-26)21-31(47)43-28(34(50)44-27)14-5-7-17-38;3-2(4,5)1(6)7/h8,11-12,19,24,27-30H,1-7,9-10,13-18,20-23,37-38H2,(H,41,49)(H,42,48)(H,43,47)(H,44,50)(H,45,51)(H4,39,40,46);(H,6,7)/t27-,28-,29+,30+;/m0./s1. The molecule has 14 N–H and O–H groups in total. The zero-order valence-electron chi connectivity index (χ0n) is 33.3. The summed E-state index contributed by atoms with van der Waals surface area (Å²) in [5, 5.41) is 21.3. The molecule has 332 valence electrons. The number of hydrogen-bond donors (Lipinski definition) is 10. The molecule has 2 aliphatic rings. The number of carbonyl (C=O) groups excluding carboxylic acids is 5. The van der Waals surface area contributed by atoms with Crippen LogP contribution in [0.4, 0.5) is 13.2 Å². The molecule has 21 heteroatoms. The summed E-state index contributed by atoms with van der Waals surface area (Å²) < 4.78 is 37.4. The Bertz CT molecular complexity index is 1540. The third-order valence-corrected chi connectivity index (χ3v) is 9.66. The molecule has 0 saturated heterocycles. The Morgan fingerprint density at radius 1 is 0.780 bits per heavy atom. The van der Waals surface area contributed by atoms with Gasteiger partial charge in [0.15, 0.2) is 5.96 Å². The number of ether oxygens (including phenoxy) is 1. The van der Waals surface area contributed by atoms with Crippen molar-refractivity contribution in [1.82, 2.24) is 26.6 Å². The second kappa shape index (κ2) is 26.9. The molecule has 18 nitrogen and oxygen atoms in total. The molecule has 3 rings (SSSR count). The fourth-order valence-electron chi connectivity index (χ4n) is 6.59. The molecule has 1 heterocycles. The Morgan fingerprint density at radius 3 is 1.95 bits per heavy atom. The largest absolute Gasteiger partial charge is 0.490 e. The number of fused-ring (bicyclic) bond motifs is 2. The number of alkyl halides is 3. The molecule has 1 saturated carbocycles. The highest BCUT2D eigenvalue weighted by Crippen LogP contribution is 2.27. The van der Waals surface area contributed by atoms with Crippen LogP contribution in [0.25, 0.3) is 0 Å². The maximum atomic E-state index is 13.6. The smallest absolute Gasteiger partial charge is 0.475 e.